The van der Waals surface area contributed by atoms with E-state index in [0.717, 1.165) is 10.0 Å². The van der Waals surface area contributed by atoms with Gasteiger partial charge in [0, 0.05) is 35.2 Å². The Morgan fingerprint density at radius 2 is 1.72 bits per heavy atom. The number of hydrogen-bond acceptors (Lipinski definition) is 5. The molecule has 0 spiro atoms. The van der Waals surface area contributed by atoms with Crippen LogP contribution in [0, 0.1) is 0 Å². The van der Waals surface area contributed by atoms with Gasteiger partial charge in [0.1, 0.15) is 5.75 Å². The molecular weight excluding hydrogens is 476 g/mol. The molecule has 7 nitrogen and oxygen atoms in total. The van der Waals surface area contributed by atoms with Gasteiger partial charge in [0.05, 0.1) is 6.61 Å². The number of amides is 2. The van der Waals surface area contributed by atoms with Crippen molar-refractivity contribution in [2.75, 3.05) is 19.7 Å². The molecule has 32 heavy (non-hydrogen) atoms. The van der Waals surface area contributed by atoms with Gasteiger partial charge >= 0.3 is 6.16 Å². The molecule has 0 aromatic heterocycles. The molecule has 0 bridgehead atoms. The van der Waals surface area contributed by atoms with Crippen molar-refractivity contribution < 1.29 is 23.9 Å². The van der Waals surface area contributed by atoms with Gasteiger partial charge in [-0.25, -0.2) is 4.79 Å². The first-order valence-corrected chi connectivity index (χ1v) is 11.2. The number of carbonyl (C=O) groups excluding carboxylic acids is 3. The third-order valence-corrected chi connectivity index (χ3v) is 5.52. The predicted molar refractivity (Wildman–Crippen MR) is 124 cm³/mol. The van der Waals surface area contributed by atoms with E-state index in [1.807, 2.05) is 24.3 Å². The lowest BCUT2D eigenvalue weighted by Crippen LogP contribution is -2.46. The highest BCUT2D eigenvalue weighted by molar-refractivity contribution is 9.10. The molecule has 168 valence electrons. The Kier molecular flexibility index (Phi) is 8.44. The number of ether oxygens (including phenoxy) is 2. The highest BCUT2D eigenvalue weighted by Crippen LogP contribution is 2.18. The Balaban J connectivity index is 1.45. The number of halogens is 1. The molecule has 0 unspecified atom stereocenters. The zero-order chi connectivity index (χ0) is 22.9. The van der Waals surface area contributed by atoms with Crippen molar-refractivity contribution in [1.82, 2.24) is 10.2 Å². The summed E-state index contributed by atoms with van der Waals surface area (Å²) in [7, 11) is 0. The van der Waals surface area contributed by atoms with Crippen LogP contribution in [-0.2, 0) is 9.53 Å². The lowest BCUT2D eigenvalue weighted by Gasteiger charge is -2.32. The van der Waals surface area contributed by atoms with Crippen LogP contribution in [-0.4, -0.2) is 48.6 Å². The Morgan fingerprint density at radius 3 is 2.34 bits per heavy atom. The number of piperidine rings is 1. The molecule has 2 aromatic rings. The Bertz CT molecular complexity index is 965. The van der Waals surface area contributed by atoms with E-state index in [0.29, 0.717) is 37.2 Å². The second-order valence-electron chi connectivity index (χ2n) is 7.27. The van der Waals surface area contributed by atoms with Crippen molar-refractivity contribution in [2.24, 2.45) is 0 Å². The van der Waals surface area contributed by atoms with Crippen molar-refractivity contribution in [3.63, 3.8) is 0 Å². The van der Waals surface area contributed by atoms with E-state index in [4.69, 9.17) is 9.47 Å². The first-order chi connectivity index (χ1) is 15.4. The van der Waals surface area contributed by atoms with E-state index in [2.05, 4.69) is 21.2 Å². The molecule has 1 N–H and O–H groups in total. The van der Waals surface area contributed by atoms with E-state index >= 15 is 0 Å². The zero-order valence-corrected chi connectivity index (χ0v) is 19.3. The summed E-state index contributed by atoms with van der Waals surface area (Å²) in [6.45, 7) is 3.04. The molecule has 2 amide bonds. The number of nitrogens with one attached hydrogen (secondary N) is 1. The van der Waals surface area contributed by atoms with Crippen molar-refractivity contribution in [1.29, 1.82) is 0 Å². The van der Waals surface area contributed by atoms with Gasteiger partial charge in [-0.15, -0.1) is 0 Å². The lowest BCUT2D eigenvalue weighted by molar-refractivity contribution is -0.117. The van der Waals surface area contributed by atoms with E-state index in [-0.39, 0.29) is 24.5 Å². The summed E-state index contributed by atoms with van der Waals surface area (Å²) >= 11 is 3.38. The molecule has 0 saturated carbocycles. The summed E-state index contributed by atoms with van der Waals surface area (Å²) in [5.41, 5.74) is 1.46. The van der Waals surface area contributed by atoms with Crippen LogP contribution in [0.2, 0.25) is 0 Å². The van der Waals surface area contributed by atoms with Crippen LogP contribution in [0.3, 0.4) is 0 Å². The number of nitrogens with zero attached hydrogens (tertiary/aromatic N) is 1. The smallest absolute Gasteiger partial charge is 0.434 e. The average Bonchev–Trinajstić information content (AvgIpc) is 2.79. The minimum Gasteiger partial charge on any atom is -0.434 e. The number of carbonyl (C=O) groups is 3. The zero-order valence-electron chi connectivity index (χ0n) is 17.8. The molecule has 8 heteroatoms. The Morgan fingerprint density at radius 1 is 1.06 bits per heavy atom. The minimum absolute atomic E-state index is 0.0291. The van der Waals surface area contributed by atoms with Crippen molar-refractivity contribution in [3.05, 3.63) is 70.2 Å². The molecule has 3 rings (SSSR count). The van der Waals surface area contributed by atoms with Gasteiger partial charge in [-0.1, -0.05) is 28.1 Å². The molecule has 1 heterocycles. The standard InChI is InChI=1S/C24H25BrN2O5/c1-2-31-24(30)32-21-10-6-18(7-11-21)23(29)27-15-13-20(14-16-27)26-22(28)12-5-17-3-8-19(25)9-4-17/h3-12,20H,2,13-16H2,1H3,(H,26,28)/b12-5+. The second-order valence-corrected chi connectivity index (χ2v) is 8.19. The van der Waals surface area contributed by atoms with Gasteiger partial charge in [-0.05, 0) is 67.8 Å². The average molecular weight is 501 g/mol. The molecule has 2 aromatic carbocycles. The van der Waals surface area contributed by atoms with Gasteiger partial charge in [0.25, 0.3) is 5.91 Å². The fourth-order valence-electron chi connectivity index (χ4n) is 3.31. The fourth-order valence-corrected chi connectivity index (χ4v) is 3.58. The quantitative estimate of drug-likeness (QED) is 0.360. The van der Waals surface area contributed by atoms with Crippen molar-refractivity contribution in [2.45, 2.75) is 25.8 Å². The van der Waals surface area contributed by atoms with Gasteiger partial charge in [-0.3, -0.25) is 9.59 Å². The predicted octanol–water partition coefficient (Wildman–Crippen LogP) is 4.42. The number of rotatable bonds is 6. The maximum absolute atomic E-state index is 12.7. The molecular formula is C24H25BrN2O5. The molecule has 0 atom stereocenters. The van der Waals surface area contributed by atoms with E-state index < -0.39 is 6.16 Å². The van der Waals surface area contributed by atoms with Crippen LogP contribution in [0.5, 0.6) is 5.75 Å². The van der Waals surface area contributed by atoms with Crippen LogP contribution in [0.4, 0.5) is 4.79 Å². The first kappa shape index (κ1) is 23.5. The van der Waals surface area contributed by atoms with Crippen LogP contribution >= 0.6 is 15.9 Å². The fraction of sp³-hybridized carbons (Fsp3) is 0.292. The summed E-state index contributed by atoms with van der Waals surface area (Å²) in [4.78, 5) is 38.1. The highest BCUT2D eigenvalue weighted by Gasteiger charge is 2.24. The van der Waals surface area contributed by atoms with Crippen LogP contribution in [0.1, 0.15) is 35.7 Å². The number of benzene rings is 2. The summed E-state index contributed by atoms with van der Waals surface area (Å²) in [6, 6.07) is 14.1. The third kappa shape index (κ3) is 6.95. The van der Waals surface area contributed by atoms with E-state index in [1.54, 1.807) is 42.2 Å². The van der Waals surface area contributed by atoms with Gasteiger partial charge in [0.2, 0.25) is 5.91 Å². The first-order valence-electron chi connectivity index (χ1n) is 10.4. The van der Waals surface area contributed by atoms with Gasteiger partial charge in [-0.2, -0.15) is 0 Å². The third-order valence-electron chi connectivity index (χ3n) is 4.99. The van der Waals surface area contributed by atoms with Crippen LogP contribution in [0.25, 0.3) is 6.08 Å². The normalized spacial score (nSPS) is 14.2. The molecule has 1 saturated heterocycles. The van der Waals surface area contributed by atoms with E-state index in [1.165, 1.54) is 6.08 Å². The topological polar surface area (TPSA) is 84.9 Å². The SMILES string of the molecule is CCOC(=O)Oc1ccc(C(=O)N2CCC(NC(=O)/C=C/c3ccc(Br)cc3)CC2)cc1. The van der Waals surface area contributed by atoms with Crippen molar-refractivity contribution in [3.8, 4) is 5.75 Å². The maximum Gasteiger partial charge on any atom is 0.513 e. The number of likely N-dealkylation sites (tertiary alicyclic amines) is 1. The van der Waals surface area contributed by atoms with E-state index in [9.17, 15) is 14.4 Å². The molecule has 0 aliphatic carbocycles. The van der Waals surface area contributed by atoms with Gasteiger partial charge in [0.15, 0.2) is 0 Å². The summed E-state index contributed by atoms with van der Waals surface area (Å²) in [6.07, 6.45) is 3.90. The highest BCUT2D eigenvalue weighted by atomic mass is 79.9. The van der Waals surface area contributed by atoms with Gasteiger partial charge < -0.3 is 19.7 Å². The largest absolute Gasteiger partial charge is 0.513 e. The summed E-state index contributed by atoms with van der Waals surface area (Å²) < 4.78 is 10.7. The van der Waals surface area contributed by atoms with Crippen LogP contribution in [0.15, 0.2) is 59.1 Å². The lowest BCUT2D eigenvalue weighted by atomic mass is 10.0. The minimum atomic E-state index is -0.776. The molecule has 0 radical (unpaired) electrons. The van der Waals surface area contributed by atoms with Crippen molar-refractivity contribution >= 4 is 40.0 Å². The van der Waals surface area contributed by atoms with Crippen LogP contribution < -0.4 is 10.1 Å². The maximum atomic E-state index is 12.7. The summed E-state index contributed by atoms with van der Waals surface area (Å²) in [5.74, 6) is 0.0834. The number of hydrogen-bond donors (Lipinski definition) is 1. The monoisotopic (exact) mass is 500 g/mol. The molecule has 1 aliphatic rings. The molecule has 1 aliphatic heterocycles. The Hall–Kier alpha value is -3.13. The summed E-state index contributed by atoms with van der Waals surface area (Å²) in [5, 5.41) is 3.00. The Labute approximate surface area is 195 Å². The molecule has 1 fully saturated rings. The second kappa shape index (κ2) is 11.5.